The molecule has 1 aromatic heterocycles. The molecule has 2 rings (SSSR count). The molecule has 0 fully saturated rings. The van der Waals surface area contributed by atoms with E-state index in [0.717, 1.165) is 5.69 Å². The van der Waals surface area contributed by atoms with E-state index >= 15 is 0 Å². The molecule has 4 nitrogen and oxygen atoms in total. The highest BCUT2D eigenvalue weighted by molar-refractivity contribution is 9.10. The lowest BCUT2D eigenvalue weighted by molar-refractivity contribution is 0.288. The Balaban J connectivity index is 2.06. The van der Waals surface area contributed by atoms with Crippen molar-refractivity contribution in [1.29, 1.82) is 0 Å². The van der Waals surface area contributed by atoms with Crippen LogP contribution in [0.1, 0.15) is 17.7 Å². The van der Waals surface area contributed by atoms with E-state index in [0.29, 0.717) is 29.4 Å². The highest BCUT2D eigenvalue weighted by atomic mass is 79.9. The topological polar surface area (TPSA) is 50.9 Å². The minimum atomic E-state index is -0.267. The van der Waals surface area contributed by atoms with Crippen molar-refractivity contribution in [2.24, 2.45) is 0 Å². The molecule has 0 spiro atoms. The Labute approximate surface area is 113 Å². The molecule has 0 aliphatic carbocycles. The molecule has 0 saturated carbocycles. The van der Waals surface area contributed by atoms with Gasteiger partial charge in [-0.05, 0) is 25.0 Å². The fourth-order valence-electron chi connectivity index (χ4n) is 1.61. The Morgan fingerprint density at radius 1 is 1.39 bits per heavy atom. The van der Waals surface area contributed by atoms with Gasteiger partial charge in [-0.3, -0.25) is 0 Å². The number of aliphatic hydroxyl groups is 1. The summed E-state index contributed by atoms with van der Waals surface area (Å²) in [6, 6.07) is 4.94. The predicted molar refractivity (Wildman–Crippen MR) is 68.6 cm³/mol. The molecule has 0 radical (unpaired) electrons. The van der Waals surface area contributed by atoms with Gasteiger partial charge in [-0.1, -0.05) is 27.2 Å². The highest BCUT2D eigenvalue weighted by Gasteiger charge is 2.06. The number of rotatable bonds is 5. The van der Waals surface area contributed by atoms with Crippen molar-refractivity contribution in [3.05, 3.63) is 45.9 Å². The second kappa shape index (κ2) is 6.06. The van der Waals surface area contributed by atoms with Gasteiger partial charge >= 0.3 is 0 Å². The van der Waals surface area contributed by atoms with Crippen LogP contribution in [0.25, 0.3) is 0 Å². The van der Waals surface area contributed by atoms with E-state index in [1.165, 1.54) is 6.07 Å². The largest absolute Gasteiger partial charge is 0.396 e. The van der Waals surface area contributed by atoms with Crippen LogP contribution in [-0.2, 0) is 13.0 Å². The average Bonchev–Trinajstić information content (AvgIpc) is 2.78. The van der Waals surface area contributed by atoms with Gasteiger partial charge in [0, 0.05) is 22.8 Å². The van der Waals surface area contributed by atoms with Gasteiger partial charge < -0.3 is 5.11 Å². The molecule has 0 aliphatic rings. The first kappa shape index (κ1) is 13.2. The molecule has 1 heterocycles. The van der Waals surface area contributed by atoms with E-state index in [-0.39, 0.29) is 12.4 Å². The first-order valence-electron chi connectivity index (χ1n) is 5.63. The fraction of sp³-hybridized carbons (Fsp3) is 0.333. The maximum absolute atomic E-state index is 13.6. The standard InChI is InChI=1S/C12H13BrFN3O/c13-10-4-3-9(12(14)6-10)7-17-8-11(15-16-17)2-1-5-18/h3-4,6,8,18H,1-2,5,7H2. The maximum Gasteiger partial charge on any atom is 0.129 e. The molecule has 6 heteroatoms. The SMILES string of the molecule is OCCCc1cn(Cc2ccc(Br)cc2F)nn1. The monoisotopic (exact) mass is 313 g/mol. The number of benzene rings is 1. The third-order valence-corrected chi connectivity index (χ3v) is 3.02. The second-order valence-electron chi connectivity index (χ2n) is 3.97. The Morgan fingerprint density at radius 3 is 2.94 bits per heavy atom. The molecule has 96 valence electrons. The zero-order valence-corrected chi connectivity index (χ0v) is 11.3. The molecule has 0 bridgehead atoms. The van der Waals surface area contributed by atoms with Crippen molar-refractivity contribution in [2.75, 3.05) is 6.61 Å². The van der Waals surface area contributed by atoms with Crippen LogP contribution in [0.15, 0.2) is 28.9 Å². The maximum atomic E-state index is 13.6. The van der Waals surface area contributed by atoms with E-state index in [9.17, 15) is 4.39 Å². The molecule has 0 unspecified atom stereocenters. The summed E-state index contributed by atoms with van der Waals surface area (Å²) < 4.78 is 15.9. The summed E-state index contributed by atoms with van der Waals surface area (Å²) in [5.74, 6) is -0.267. The number of aromatic nitrogens is 3. The van der Waals surface area contributed by atoms with Crippen molar-refractivity contribution >= 4 is 15.9 Å². The minimum absolute atomic E-state index is 0.133. The van der Waals surface area contributed by atoms with Crippen molar-refractivity contribution in [2.45, 2.75) is 19.4 Å². The normalized spacial score (nSPS) is 10.8. The van der Waals surface area contributed by atoms with Crippen LogP contribution >= 0.6 is 15.9 Å². The minimum Gasteiger partial charge on any atom is -0.396 e. The van der Waals surface area contributed by atoms with Crippen molar-refractivity contribution < 1.29 is 9.50 Å². The van der Waals surface area contributed by atoms with Gasteiger partial charge in [-0.25, -0.2) is 9.07 Å². The quantitative estimate of drug-likeness (QED) is 0.920. The molecule has 18 heavy (non-hydrogen) atoms. The summed E-state index contributed by atoms with van der Waals surface area (Å²) >= 11 is 3.22. The molecule has 0 atom stereocenters. The molecular weight excluding hydrogens is 301 g/mol. The van der Waals surface area contributed by atoms with Crippen LogP contribution in [0.5, 0.6) is 0 Å². The summed E-state index contributed by atoms with van der Waals surface area (Å²) in [7, 11) is 0. The lowest BCUT2D eigenvalue weighted by atomic mass is 10.2. The molecule has 0 aliphatic heterocycles. The summed E-state index contributed by atoms with van der Waals surface area (Å²) in [6.45, 7) is 0.486. The van der Waals surface area contributed by atoms with Gasteiger partial charge in [0.15, 0.2) is 0 Å². The second-order valence-corrected chi connectivity index (χ2v) is 4.89. The Morgan fingerprint density at radius 2 is 2.22 bits per heavy atom. The van der Waals surface area contributed by atoms with E-state index in [1.54, 1.807) is 23.0 Å². The first-order valence-corrected chi connectivity index (χ1v) is 6.42. The van der Waals surface area contributed by atoms with Crippen LogP contribution in [0.3, 0.4) is 0 Å². The van der Waals surface area contributed by atoms with Crippen LogP contribution in [0.4, 0.5) is 4.39 Å². The van der Waals surface area contributed by atoms with Crippen molar-refractivity contribution in [3.8, 4) is 0 Å². The summed E-state index contributed by atoms with van der Waals surface area (Å²) in [5.41, 5.74) is 1.37. The summed E-state index contributed by atoms with van der Waals surface area (Å²) in [5, 5.41) is 16.6. The number of aryl methyl sites for hydroxylation is 1. The molecular formula is C12H13BrFN3O. The average molecular weight is 314 g/mol. The van der Waals surface area contributed by atoms with E-state index in [1.807, 2.05) is 0 Å². The molecule has 0 amide bonds. The fourth-order valence-corrected chi connectivity index (χ4v) is 1.95. The zero-order valence-electron chi connectivity index (χ0n) is 9.68. The smallest absolute Gasteiger partial charge is 0.129 e. The van der Waals surface area contributed by atoms with Crippen LogP contribution < -0.4 is 0 Å². The highest BCUT2D eigenvalue weighted by Crippen LogP contribution is 2.16. The Bertz CT molecular complexity index is 530. The van der Waals surface area contributed by atoms with Crippen molar-refractivity contribution in [3.63, 3.8) is 0 Å². The molecule has 1 aromatic carbocycles. The number of nitrogens with zero attached hydrogens (tertiary/aromatic N) is 3. The van der Waals surface area contributed by atoms with Gasteiger partial charge in [-0.15, -0.1) is 5.10 Å². The van der Waals surface area contributed by atoms with E-state index in [4.69, 9.17) is 5.11 Å². The zero-order chi connectivity index (χ0) is 13.0. The number of aliphatic hydroxyl groups excluding tert-OH is 1. The third kappa shape index (κ3) is 3.36. The van der Waals surface area contributed by atoms with Gasteiger partial charge in [0.2, 0.25) is 0 Å². The summed E-state index contributed by atoms with van der Waals surface area (Å²) in [4.78, 5) is 0. The third-order valence-electron chi connectivity index (χ3n) is 2.52. The van der Waals surface area contributed by atoms with Crippen LogP contribution in [0, 0.1) is 5.82 Å². The van der Waals surface area contributed by atoms with Crippen molar-refractivity contribution in [1.82, 2.24) is 15.0 Å². The lowest BCUT2D eigenvalue weighted by Crippen LogP contribution is -2.02. The Hall–Kier alpha value is -1.27. The molecule has 2 aromatic rings. The van der Waals surface area contributed by atoms with Gasteiger partial charge in [0.25, 0.3) is 0 Å². The van der Waals surface area contributed by atoms with E-state index in [2.05, 4.69) is 26.2 Å². The number of hydrogen-bond donors (Lipinski definition) is 1. The molecule has 1 N–H and O–H groups in total. The Kier molecular flexibility index (Phi) is 4.43. The number of halogens is 2. The molecule has 0 saturated heterocycles. The van der Waals surface area contributed by atoms with Gasteiger partial charge in [0.05, 0.1) is 12.2 Å². The number of hydrogen-bond acceptors (Lipinski definition) is 3. The summed E-state index contributed by atoms with van der Waals surface area (Å²) in [6.07, 6.45) is 3.11. The van der Waals surface area contributed by atoms with Gasteiger partial charge in [-0.2, -0.15) is 0 Å². The lowest BCUT2D eigenvalue weighted by Gasteiger charge is -2.03. The van der Waals surface area contributed by atoms with Crippen LogP contribution in [-0.4, -0.2) is 26.7 Å². The first-order chi connectivity index (χ1) is 8.69. The van der Waals surface area contributed by atoms with Gasteiger partial charge in [0.1, 0.15) is 5.82 Å². The predicted octanol–water partition coefficient (Wildman–Crippen LogP) is 2.15. The van der Waals surface area contributed by atoms with E-state index < -0.39 is 0 Å². The van der Waals surface area contributed by atoms with Crippen LogP contribution in [0.2, 0.25) is 0 Å².